The monoisotopic (exact) mass is 286 g/mol. The largest absolute Gasteiger partial charge is 0.310 e. The van der Waals surface area contributed by atoms with Gasteiger partial charge in [-0.15, -0.1) is 6.58 Å². The van der Waals surface area contributed by atoms with E-state index in [4.69, 9.17) is 0 Å². The van der Waals surface area contributed by atoms with Crippen molar-refractivity contribution in [2.45, 2.75) is 44.7 Å². The van der Waals surface area contributed by atoms with Crippen LogP contribution >= 0.6 is 0 Å². The molecule has 1 aromatic carbocycles. The zero-order valence-corrected chi connectivity index (χ0v) is 13.8. The summed E-state index contributed by atoms with van der Waals surface area (Å²) in [6.07, 6.45) is 5.44. The summed E-state index contributed by atoms with van der Waals surface area (Å²) >= 11 is 0. The maximum Gasteiger partial charge on any atom is 0.0268 e. The Labute approximate surface area is 130 Å². The summed E-state index contributed by atoms with van der Waals surface area (Å²) in [6, 6.07) is 11.4. The van der Waals surface area contributed by atoms with Crippen LogP contribution in [-0.4, -0.2) is 36.6 Å². The molecular formula is C19H30N2. The molecule has 2 rings (SSSR count). The van der Waals surface area contributed by atoms with Crippen molar-refractivity contribution >= 4 is 0 Å². The number of benzene rings is 1. The van der Waals surface area contributed by atoms with E-state index in [2.05, 4.69) is 74.1 Å². The van der Waals surface area contributed by atoms with Gasteiger partial charge in [-0.3, -0.25) is 0 Å². The third-order valence-electron chi connectivity index (χ3n) is 5.16. The third-order valence-corrected chi connectivity index (χ3v) is 5.16. The minimum atomic E-state index is 0.211. The Kier molecular flexibility index (Phi) is 5.60. The molecule has 1 aliphatic heterocycles. The molecule has 1 N–H and O–H groups in total. The molecule has 0 saturated carbocycles. The van der Waals surface area contributed by atoms with Crippen LogP contribution in [0, 0.1) is 5.92 Å². The van der Waals surface area contributed by atoms with E-state index < -0.39 is 0 Å². The van der Waals surface area contributed by atoms with Crippen LogP contribution in [0.25, 0.3) is 0 Å². The van der Waals surface area contributed by atoms with E-state index in [1.54, 1.807) is 0 Å². The molecule has 1 aliphatic rings. The van der Waals surface area contributed by atoms with E-state index in [9.17, 15) is 0 Å². The molecule has 1 saturated heterocycles. The van der Waals surface area contributed by atoms with E-state index in [1.807, 2.05) is 0 Å². The molecule has 21 heavy (non-hydrogen) atoms. The molecule has 2 nitrogen and oxygen atoms in total. The van der Waals surface area contributed by atoms with Crippen LogP contribution in [0.5, 0.6) is 0 Å². The third kappa shape index (κ3) is 3.96. The molecule has 1 fully saturated rings. The van der Waals surface area contributed by atoms with Crippen molar-refractivity contribution in [3.05, 3.63) is 48.6 Å². The first kappa shape index (κ1) is 16.3. The topological polar surface area (TPSA) is 15.3 Å². The lowest BCUT2D eigenvalue weighted by Gasteiger charge is -2.49. The molecule has 0 aliphatic carbocycles. The van der Waals surface area contributed by atoms with E-state index in [1.165, 1.54) is 12.0 Å². The van der Waals surface area contributed by atoms with Gasteiger partial charge in [0.15, 0.2) is 0 Å². The van der Waals surface area contributed by atoms with Gasteiger partial charge < -0.3 is 10.2 Å². The van der Waals surface area contributed by atoms with Gasteiger partial charge in [-0.2, -0.15) is 0 Å². The maximum absolute atomic E-state index is 3.99. The number of hydrogen-bond acceptors (Lipinski definition) is 2. The molecule has 0 spiro atoms. The van der Waals surface area contributed by atoms with Gasteiger partial charge in [-0.25, -0.2) is 0 Å². The Morgan fingerprint density at radius 3 is 2.71 bits per heavy atom. The number of nitrogens with one attached hydrogen (secondary N) is 1. The van der Waals surface area contributed by atoms with Crippen molar-refractivity contribution in [2.24, 2.45) is 5.92 Å². The summed E-state index contributed by atoms with van der Waals surface area (Å²) in [5.74, 6) is 0.646. The second-order valence-corrected chi connectivity index (χ2v) is 6.71. The van der Waals surface area contributed by atoms with Crippen LogP contribution in [-0.2, 0) is 6.42 Å². The molecule has 0 radical (unpaired) electrons. The smallest absolute Gasteiger partial charge is 0.0268 e. The zero-order valence-electron chi connectivity index (χ0n) is 13.8. The first-order chi connectivity index (χ1) is 10.1. The Bertz CT molecular complexity index is 442. The molecule has 2 heteroatoms. The maximum atomic E-state index is 3.99. The Balaban J connectivity index is 1.99. The van der Waals surface area contributed by atoms with Gasteiger partial charge in [0.05, 0.1) is 0 Å². The van der Waals surface area contributed by atoms with Crippen LogP contribution in [0.15, 0.2) is 43.0 Å². The fraction of sp³-hybridized carbons (Fsp3) is 0.579. The summed E-state index contributed by atoms with van der Waals surface area (Å²) in [6.45, 7) is 10.9. The standard InChI is InChI=1S/C19H30N2/c1-5-12-19(14-17(3)21(4)15-16(19)2)20-13-11-18-9-7-6-8-10-18/h5-10,16-17,20H,1,11-15H2,2-4H3/t16-,17+,19-/m0/s1. The van der Waals surface area contributed by atoms with Gasteiger partial charge in [0.25, 0.3) is 0 Å². The van der Waals surface area contributed by atoms with Gasteiger partial charge in [-0.1, -0.05) is 43.3 Å². The van der Waals surface area contributed by atoms with Crippen LogP contribution in [0.3, 0.4) is 0 Å². The fourth-order valence-corrected chi connectivity index (χ4v) is 3.63. The van der Waals surface area contributed by atoms with Crippen LogP contribution in [0.4, 0.5) is 0 Å². The van der Waals surface area contributed by atoms with Crippen molar-refractivity contribution in [3.63, 3.8) is 0 Å². The normalized spacial score (nSPS) is 30.2. The predicted molar refractivity (Wildman–Crippen MR) is 91.6 cm³/mol. The number of hydrogen-bond donors (Lipinski definition) is 1. The first-order valence-electron chi connectivity index (χ1n) is 8.17. The lowest BCUT2D eigenvalue weighted by Crippen LogP contribution is -2.60. The summed E-state index contributed by atoms with van der Waals surface area (Å²) in [4.78, 5) is 2.48. The second-order valence-electron chi connectivity index (χ2n) is 6.71. The average Bonchev–Trinajstić information content (AvgIpc) is 2.47. The van der Waals surface area contributed by atoms with E-state index in [-0.39, 0.29) is 5.54 Å². The molecule has 0 unspecified atom stereocenters. The molecule has 3 atom stereocenters. The highest BCUT2D eigenvalue weighted by atomic mass is 15.2. The summed E-state index contributed by atoms with van der Waals surface area (Å²) in [7, 11) is 2.24. The Morgan fingerprint density at radius 1 is 1.33 bits per heavy atom. The molecule has 1 aromatic rings. The Hall–Kier alpha value is -1.12. The average molecular weight is 286 g/mol. The lowest BCUT2D eigenvalue weighted by atomic mass is 9.74. The molecule has 0 bridgehead atoms. The van der Waals surface area contributed by atoms with E-state index in [0.717, 1.165) is 25.9 Å². The van der Waals surface area contributed by atoms with E-state index >= 15 is 0 Å². The van der Waals surface area contributed by atoms with Gasteiger partial charge in [0, 0.05) is 18.1 Å². The highest BCUT2D eigenvalue weighted by Gasteiger charge is 2.41. The van der Waals surface area contributed by atoms with Gasteiger partial charge in [0.2, 0.25) is 0 Å². The fourth-order valence-electron chi connectivity index (χ4n) is 3.63. The van der Waals surface area contributed by atoms with E-state index in [0.29, 0.717) is 12.0 Å². The van der Waals surface area contributed by atoms with Gasteiger partial charge in [-0.05, 0) is 51.3 Å². The highest BCUT2D eigenvalue weighted by Crippen LogP contribution is 2.34. The number of rotatable bonds is 6. The highest BCUT2D eigenvalue weighted by molar-refractivity contribution is 5.15. The molecular weight excluding hydrogens is 256 g/mol. The SMILES string of the molecule is C=CC[C@]1(NCCc2ccccc2)C[C@@H](C)N(C)C[C@@H]1C. The molecule has 1 heterocycles. The zero-order chi connectivity index (χ0) is 15.3. The number of nitrogens with zero attached hydrogens (tertiary/aromatic N) is 1. The van der Waals surface area contributed by atoms with Crippen molar-refractivity contribution in [3.8, 4) is 0 Å². The first-order valence-corrected chi connectivity index (χ1v) is 8.17. The van der Waals surface area contributed by atoms with Crippen molar-refractivity contribution in [2.75, 3.05) is 20.1 Å². The lowest BCUT2D eigenvalue weighted by molar-refractivity contribution is 0.0564. The molecule has 0 aromatic heterocycles. The Morgan fingerprint density at radius 2 is 2.05 bits per heavy atom. The van der Waals surface area contributed by atoms with Crippen LogP contribution in [0.1, 0.15) is 32.3 Å². The second kappa shape index (κ2) is 7.24. The summed E-state index contributed by atoms with van der Waals surface area (Å²) < 4.78 is 0. The van der Waals surface area contributed by atoms with Crippen LogP contribution in [0.2, 0.25) is 0 Å². The van der Waals surface area contributed by atoms with Crippen molar-refractivity contribution < 1.29 is 0 Å². The minimum Gasteiger partial charge on any atom is -0.310 e. The van der Waals surface area contributed by atoms with Crippen LogP contribution < -0.4 is 5.32 Å². The quantitative estimate of drug-likeness (QED) is 0.805. The molecule has 116 valence electrons. The number of likely N-dealkylation sites (tertiary alicyclic amines) is 1. The summed E-state index contributed by atoms with van der Waals surface area (Å²) in [5, 5.41) is 3.89. The van der Waals surface area contributed by atoms with Crippen molar-refractivity contribution in [1.82, 2.24) is 10.2 Å². The van der Waals surface area contributed by atoms with Crippen molar-refractivity contribution in [1.29, 1.82) is 0 Å². The number of piperidine rings is 1. The predicted octanol–water partition coefficient (Wildman–Crippen LogP) is 3.49. The van der Waals surface area contributed by atoms with Gasteiger partial charge in [0.1, 0.15) is 0 Å². The minimum absolute atomic E-state index is 0.211. The summed E-state index contributed by atoms with van der Waals surface area (Å²) in [5.41, 5.74) is 1.62. The molecule has 0 amide bonds. The van der Waals surface area contributed by atoms with Gasteiger partial charge >= 0.3 is 0 Å².